The Morgan fingerprint density at radius 3 is 2.24 bits per heavy atom. The Hall–Kier alpha value is -2.45. The van der Waals surface area contributed by atoms with Gasteiger partial charge in [0.1, 0.15) is 5.56 Å². The van der Waals surface area contributed by atoms with E-state index in [4.69, 9.17) is 5.11 Å². The predicted octanol–water partition coefficient (Wildman–Crippen LogP) is 2.26. The first-order chi connectivity index (χ1) is 9.66. The second kappa shape index (κ2) is 6.33. The summed E-state index contributed by atoms with van der Waals surface area (Å²) in [4.78, 5) is 21.7. The number of phenolic OH excluding ortho intramolecular Hbond substituents is 1. The molecular formula is C12H13F3N2O4. The van der Waals surface area contributed by atoms with Crippen molar-refractivity contribution in [1.29, 1.82) is 0 Å². The molecule has 116 valence electrons. The van der Waals surface area contributed by atoms with Crippen LogP contribution < -0.4 is 10.6 Å². The van der Waals surface area contributed by atoms with Crippen LogP contribution in [0.15, 0.2) is 12.1 Å². The van der Waals surface area contributed by atoms with E-state index in [9.17, 15) is 27.9 Å². The molecule has 0 aliphatic heterocycles. The molecule has 1 amide bonds. The minimum atomic E-state index is -4.88. The molecule has 9 heteroatoms. The molecule has 0 spiro atoms. The summed E-state index contributed by atoms with van der Waals surface area (Å²) in [6.45, 7) is 0. The number of nitrogens with one attached hydrogen (secondary N) is 2. The van der Waals surface area contributed by atoms with Crippen LogP contribution in [-0.4, -0.2) is 29.1 Å². The van der Waals surface area contributed by atoms with E-state index in [0.717, 1.165) is 12.1 Å². The van der Waals surface area contributed by atoms with E-state index in [-0.39, 0.29) is 5.69 Å². The summed E-state index contributed by atoms with van der Waals surface area (Å²) < 4.78 is 38.9. The van der Waals surface area contributed by atoms with Crippen LogP contribution in [0.2, 0.25) is 0 Å². The van der Waals surface area contributed by atoms with Gasteiger partial charge in [0.15, 0.2) is 5.75 Å². The Bertz CT molecular complexity index is 558. The molecule has 6 nitrogen and oxygen atoms in total. The summed E-state index contributed by atoms with van der Waals surface area (Å²) in [5.41, 5.74) is -2.17. The highest BCUT2D eigenvalue weighted by Crippen LogP contribution is 2.44. The number of carbonyl (C=O) groups excluding carboxylic acids is 1. The van der Waals surface area contributed by atoms with Gasteiger partial charge in [-0.3, -0.25) is 9.59 Å². The van der Waals surface area contributed by atoms with Crippen molar-refractivity contribution in [3.8, 4) is 5.75 Å². The first kappa shape index (κ1) is 16.6. The van der Waals surface area contributed by atoms with Crippen molar-refractivity contribution in [3.63, 3.8) is 0 Å². The van der Waals surface area contributed by atoms with Gasteiger partial charge in [-0.15, -0.1) is 0 Å². The molecule has 1 aromatic rings. The lowest BCUT2D eigenvalue weighted by Crippen LogP contribution is -2.17. The number of carbonyl (C=O) groups is 2. The van der Waals surface area contributed by atoms with Crippen LogP contribution in [0.25, 0.3) is 0 Å². The van der Waals surface area contributed by atoms with Gasteiger partial charge in [0.05, 0.1) is 17.8 Å². The number of halogens is 3. The number of benzene rings is 1. The smallest absolute Gasteiger partial charge is 0.422 e. The van der Waals surface area contributed by atoms with Crippen LogP contribution in [0.4, 0.5) is 24.5 Å². The molecule has 0 fully saturated rings. The van der Waals surface area contributed by atoms with E-state index in [1.54, 1.807) is 0 Å². The Balaban J connectivity index is 3.10. The number of hydrogen-bond acceptors (Lipinski definition) is 4. The zero-order chi connectivity index (χ0) is 16.2. The standard InChI is InChI=1S/C12H13F3N2O4/c1-16-7-3-2-6(10(11(7)21)12(13,14)15)17-8(18)4-5-9(19)20/h2-3,16,21H,4-5H2,1H3,(H,17,18)(H,19,20). The topological polar surface area (TPSA) is 98.7 Å². The van der Waals surface area contributed by atoms with Crippen LogP contribution in [0.1, 0.15) is 18.4 Å². The molecule has 0 aliphatic rings. The molecule has 0 aromatic heterocycles. The van der Waals surface area contributed by atoms with Crippen molar-refractivity contribution in [2.75, 3.05) is 17.7 Å². The van der Waals surface area contributed by atoms with Crippen LogP contribution in [0.5, 0.6) is 5.75 Å². The zero-order valence-corrected chi connectivity index (χ0v) is 10.9. The molecule has 0 saturated carbocycles. The summed E-state index contributed by atoms with van der Waals surface area (Å²) in [7, 11) is 1.33. The van der Waals surface area contributed by atoms with Crippen LogP contribution in [-0.2, 0) is 15.8 Å². The Labute approximate surface area is 117 Å². The molecule has 21 heavy (non-hydrogen) atoms. The van der Waals surface area contributed by atoms with Gasteiger partial charge in [-0.25, -0.2) is 0 Å². The SMILES string of the molecule is CNc1ccc(NC(=O)CCC(=O)O)c(C(F)(F)F)c1O. The molecule has 0 heterocycles. The van der Waals surface area contributed by atoms with E-state index >= 15 is 0 Å². The van der Waals surface area contributed by atoms with Crippen LogP contribution in [0, 0.1) is 0 Å². The average Bonchev–Trinajstić information content (AvgIpc) is 2.35. The van der Waals surface area contributed by atoms with Gasteiger partial charge < -0.3 is 20.8 Å². The number of phenols is 1. The lowest BCUT2D eigenvalue weighted by Gasteiger charge is -2.17. The third kappa shape index (κ3) is 4.26. The molecule has 0 unspecified atom stereocenters. The van der Waals surface area contributed by atoms with Crippen molar-refractivity contribution >= 4 is 23.3 Å². The molecule has 0 atom stereocenters. The molecule has 0 saturated heterocycles. The van der Waals surface area contributed by atoms with Gasteiger partial charge in [0.25, 0.3) is 0 Å². The lowest BCUT2D eigenvalue weighted by molar-refractivity contribution is -0.139. The van der Waals surface area contributed by atoms with Gasteiger partial charge in [-0.05, 0) is 12.1 Å². The highest BCUT2D eigenvalue weighted by atomic mass is 19.4. The van der Waals surface area contributed by atoms with Crippen molar-refractivity contribution in [2.45, 2.75) is 19.0 Å². The van der Waals surface area contributed by atoms with Crippen molar-refractivity contribution in [2.24, 2.45) is 0 Å². The van der Waals surface area contributed by atoms with Gasteiger partial charge in [-0.1, -0.05) is 0 Å². The van der Waals surface area contributed by atoms with Crippen LogP contribution >= 0.6 is 0 Å². The van der Waals surface area contributed by atoms with E-state index in [1.165, 1.54) is 7.05 Å². The second-order valence-corrected chi connectivity index (χ2v) is 4.07. The van der Waals surface area contributed by atoms with E-state index in [0.29, 0.717) is 0 Å². The largest absolute Gasteiger partial charge is 0.505 e. The Morgan fingerprint density at radius 1 is 1.19 bits per heavy atom. The number of carboxylic acids is 1. The maximum atomic E-state index is 13.0. The minimum absolute atomic E-state index is 0.147. The first-order valence-electron chi connectivity index (χ1n) is 5.79. The Morgan fingerprint density at radius 2 is 1.76 bits per heavy atom. The predicted molar refractivity (Wildman–Crippen MR) is 68.2 cm³/mol. The quantitative estimate of drug-likeness (QED) is 0.625. The van der Waals surface area contributed by atoms with Crippen molar-refractivity contribution < 1.29 is 33.0 Å². The normalized spacial score (nSPS) is 11.0. The maximum absolute atomic E-state index is 13.0. The number of amides is 1. The summed E-state index contributed by atoms with van der Waals surface area (Å²) in [6.07, 6.45) is -5.86. The summed E-state index contributed by atoms with van der Waals surface area (Å²) in [6, 6.07) is 2.14. The number of rotatable bonds is 5. The van der Waals surface area contributed by atoms with E-state index in [2.05, 4.69) is 5.32 Å². The first-order valence-corrected chi connectivity index (χ1v) is 5.79. The van der Waals surface area contributed by atoms with Crippen molar-refractivity contribution in [3.05, 3.63) is 17.7 Å². The van der Waals surface area contributed by atoms with Gasteiger partial charge in [0.2, 0.25) is 5.91 Å². The summed E-state index contributed by atoms with van der Waals surface area (Å²) in [5.74, 6) is -3.17. The lowest BCUT2D eigenvalue weighted by atomic mass is 10.1. The fourth-order valence-electron chi connectivity index (χ4n) is 1.62. The fraction of sp³-hybridized carbons (Fsp3) is 0.333. The fourth-order valence-corrected chi connectivity index (χ4v) is 1.62. The summed E-state index contributed by atoms with van der Waals surface area (Å²) >= 11 is 0. The van der Waals surface area contributed by atoms with Gasteiger partial charge in [0, 0.05) is 13.5 Å². The minimum Gasteiger partial charge on any atom is -0.505 e. The van der Waals surface area contributed by atoms with E-state index in [1.807, 2.05) is 5.32 Å². The third-order valence-electron chi connectivity index (χ3n) is 2.57. The van der Waals surface area contributed by atoms with E-state index < -0.39 is 47.9 Å². The number of hydrogen-bond donors (Lipinski definition) is 4. The maximum Gasteiger partial charge on any atom is 0.422 e. The highest BCUT2D eigenvalue weighted by molar-refractivity contribution is 5.94. The van der Waals surface area contributed by atoms with Crippen LogP contribution in [0.3, 0.4) is 0 Å². The number of alkyl halides is 3. The number of aliphatic carboxylic acids is 1. The van der Waals surface area contributed by atoms with Gasteiger partial charge >= 0.3 is 12.1 Å². The van der Waals surface area contributed by atoms with Crippen molar-refractivity contribution in [1.82, 2.24) is 0 Å². The monoisotopic (exact) mass is 306 g/mol. The second-order valence-electron chi connectivity index (χ2n) is 4.07. The summed E-state index contributed by atoms with van der Waals surface area (Å²) in [5, 5.41) is 22.4. The molecule has 1 rings (SSSR count). The zero-order valence-electron chi connectivity index (χ0n) is 10.9. The number of carboxylic acid groups (broad SMARTS) is 1. The highest BCUT2D eigenvalue weighted by Gasteiger charge is 2.38. The molecule has 0 radical (unpaired) electrons. The third-order valence-corrected chi connectivity index (χ3v) is 2.57. The Kier molecular flexibility index (Phi) is 5.01. The molecule has 4 N–H and O–H groups in total. The van der Waals surface area contributed by atoms with Gasteiger partial charge in [-0.2, -0.15) is 13.2 Å². The molecule has 1 aromatic carbocycles. The molecule has 0 bridgehead atoms. The molecular weight excluding hydrogens is 293 g/mol. The molecule has 0 aliphatic carbocycles. The number of aromatic hydroxyl groups is 1. The number of anilines is 2. The average molecular weight is 306 g/mol.